The van der Waals surface area contributed by atoms with E-state index in [0.29, 0.717) is 5.92 Å². The number of carbonyl (C=O) groups is 2. The molecule has 122 valence electrons. The first-order valence-electron chi connectivity index (χ1n) is 7.78. The van der Waals surface area contributed by atoms with Crippen LogP contribution in [-0.4, -0.2) is 18.4 Å². The van der Waals surface area contributed by atoms with E-state index in [1.165, 1.54) is 5.56 Å². The molecular weight excluding hydrogens is 276 g/mol. The summed E-state index contributed by atoms with van der Waals surface area (Å²) in [5.41, 5.74) is 1.85. The Morgan fingerprint density at radius 1 is 1.00 bits per heavy atom. The van der Waals surface area contributed by atoms with Crippen LogP contribution in [0.2, 0.25) is 0 Å². The second-order valence-corrected chi connectivity index (χ2v) is 7.04. The molecule has 0 bridgehead atoms. The molecule has 2 N–H and O–H groups in total. The van der Waals surface area contributed by atoms with Crippen molar-refractivity contribution < 1.29 is 9.59 Å². The van der Waals surface area contributed by atoms with Crippen LogP contribution in [-0.2, 0) is 9.59 Å². The lowest BCUT2D eigenvalue weighted by molar-refractivity contribution is -0.131. The lowest BCUT2D eigenvalue weighted by atomic mass is 9.96. The quantitative estimate of drug-likeness (QED) is 0.878. The van der Waals surface area contributed by atoms with Gasteiger partial charge in [0.2, 0.25) is 11.8 Å². The third kappa shape index (κ3) is 5.51. The molecule has 4 heteroatoms. The molecule has 1 atom stereocenters. The zero-order valence-electron chi connectivity index (χ0n) is 14.5. The summed E-state index contributed by atoms with van der Waals surface area (Å²) in [4.78, 5) is 23.6. The molecule has 1 unspecified atom stereocenters. The summed E-state index contributed by atoms with van der Waals surface area (Å²) in [5.74, 6) is 0.182. The van der Waals surface area contributed by atoms with Gasteiger partial charge in [0.05, 0.1) is 12.6 Å². The number of hydrogen-bond acceptors (Lipinski definition) is 2. The molecular formula is C18H28N2O2. The van der Waals surface area contributed by atoms with Crippen molar-refractivity contribution in [2.45, 2.75) is 53.5 Å². The average molecular weight is 304 g/mol. The summed E-state index contributed by atoms with van der Waals surface area (Å²) >= 11 is 0. The lowest BCUT2D eigenvalue weighted by Crippen LogP contribution is -2.42. The van der Waals surface area contributed by atoms with Crippen LogP contribution < -0.4 is 10.6 Å². The number of amides is 2. The molecule has 0 aromatic heterocycles. The summed E-state index contributed by atoms with van der Waals surface area (Å²) in [6.07, 6.45) is 0. The fraction of sp³-hybridized carbons (Fsp3) is 0.556. The molecule has 1 aromatic rings. The summed E-state index contributed by atoms with van der Waals surface area (Å²) < 4.78 is 0. The van der Waals surface area contributed by atoms with E-state index in [9.17, 15) is 9.59 Å². The summed E-state index contributed by atoms with van der Waals surface area (Å²) in [5, 5.41) is 5.55. The molecule has 0 saturated carbocycles. The standard InChI is InChI=1S/C18H28N2O2/c1-12(2)14-7-9-15(10-8-14)13(3)20-16(21)11-19-17(22)18(4,5)6/h7-10,12-13H,11H2,1-6H3,(H,19,22)(H,20,21). The van der Waals surface area contributed by atoms with Crippen LogP contribution in [0.15, 0.2) is 24.3 Å². The lowest BCUT2D eigenvalue weighted by Gasteiger charge is -2.19. The normalized spacial score (nSPS) is 12.9. The largest absolute Gasteiger partial charge is 0.348 e. The summed E-state index contributed by atoms with van der Waals surface area (Å²) in [6.45, 7) is 11.7. The van der Waals surface area contributed by atoms with Crippen LogP contribution in [0.4, 0.5) is 0 Å². The van der Waals surface area contributed by atoms with E-state index in [2.05, 4.69) is 36.6 Å². The maximum absolute atomic E-state index is 11.9. The topological polar surface area (TPSA) is 58.2 Å². The van der Waals surface area contributed by atoms with Crippen LogP contribution in [0.25, 0.3) is 0 Å². The highest BCUT2D eigenvalue weighted by Crippen LogP contribution is 2.18. The zero-order valence-corrected chi connectivity index (χ0v) is 14.5. The third-order valence-corrected chi connectivity index (χ3v) is 3.57. The van der Waals surface area contributed by atoms with Crippen molar-refractivity contribution in [1.29, 1.82) is 0 Å². The Kier molecular flexibility index (Phi) is 6.15. The van der Waals surface area contributed by atoms with Crippen molar-refractivity contribution >= 4 is 11.8 Å². The first-order valence-corrected chi connectivity index (χ1v) is 7.78. The fourth-order valence-electron chi connectivity index (χ4n) is 1.97. The van der Waals surface area contributed by atoms with Gasteiger partial charge in [-0.15, -0.1) is 0 Å². The van der Waals surface area contributed by atoms with Crippen molar-refractivity contribution in [3.05, 3.63) is 35.4 Å². The predicted molar refractivity (Wildman–Crippen MR) is 89.6 cm³/mol. The van der Waals surface area contributed by atoms with Gasteiger partial charge in [-0.2, -0.15) is 0 Å². The molecule has 0 spiro atoms. The first kappa shape index (κ1) is 18.2. The molecule has 0 fully saturated rings. The second kappa shape index (κ2) is 7.43. The van der Waals surface area contributed by atoms with Crippen molar-refractivity contribution in [3.63, 3.8) is 0 Å². The van der Waals surface area contributed by atoms with Gasteiger partial charge in [0.15, 0.2) is 0 Å². The maximum atomic E-state index is 11.9. The average Bonchev–Trinajstić information content (AvgIpc) is 2.43. The van der Waals surface area contributed by atoms with Crippen molar-refractivity contribution in [3.8, 4) is 0 Å². The fourth-order valence-corrected chi connectivity index (χ4v) is 1.97. The zero-order chi connectivity index (χ0) is 16.9. The molecule has 0 aliphatic heterocycles. The SMILES string of the molecule is CC(C)c1ccc(C(C)NC(=O)CNC(=O)C(C)(C)C)cc1. The smallest absolute Gasteiger partial charge is 0.239 e. The van der Waals surface area contributed by atoms with Gasteiger partial charge in [0, 0.05) is 5.41 Å². The number of nitrogens with one attached hydrogen (secondary N) is 2. The summed E-state index contributed by atoms with van der Waals surface area (Å²) in [7, 11) is 0. The number of benzene rings is 1. The van der Waals surface area contributed by atoms with Crippen molar-refractivity contribution in [1.82, 2.24) is 10.6 Å². The highest BCUT2D eigenvalue weighted by Gasteiger charge is 2.21. The minimum atomic E-state index is -0.488. The van der Waals surface area contributed by atoms with E-state index in [1.54, 1.807) is 0 Å². The minimum Gasteiger partial charge on any atom is -0.348 e. The number of carbonyl (C=O) groups excluding carboxylic acids is 2. The number of rotatable bonds is 5. The Bertz CT molecular complexity index is 513. The van der Waals surface area contributed by atoms with Crippen LogP contribution in [0.5, 0.6) is 0 Å². The molecule has 0 radical (unpaired) electrons. The highest BCUT2D eigenvalue weighted by molar-refractivity contribution is 5.87. The molecule has 0 heterocycles. The van der Waals surface area contributed by atoms with E-state index in [4.69, 9.17) is 0 Å². The van der Waals surface area contributed by atoms with Crippen LogP contribution in [0.3, 0.4) is 0 Å². The van der Waals surface area contributed by atoms with Gasteiger partial charge in [-0.25, -0.2) is 0 Å². The number of hydrogen-bond donors (Lipinski definition) is 2. The van der Waals surface area contributed by atoms with E-state index in [1.807, 2.05) is 39.8 Å². The van der Waals surface area contributed by atoms with Crippen LogP contribution in [0.1, 0.15) is 64.6 Å². The molecule has 0 aliphatic rings. The van der Waals surface area contributed by atoms with Gasteiger partial charge in [0.1, 0.15) is 0 Å². The third-order valence-electron chi connectivity index (χ3n) is 3.57. The Hall–Kier alpha value is -1.84. The van der Waals surface area contributed by atoms with Crippen LogP contribution >= 0.6 is 0 Å². The Morgan fingerprint density at radius 3 is 1.95 bits per heavy atom. The van der Waals surface area contributed by atoms with Gasteiger partial charge in [-0.1, -0.05) is 58.9 Å². The molecule has 1 rings (SSSR count). The van der Waals surface area contributed by atoms with E-state index in [-0.39, 0.29) is 24.4 Å². The Labute approximate surface area is 133 Å². The minimum absolute atomic E-state index is 0.00449. The van der Waals surface area contributed by atoms with E-state index >= 15 is 0 Å². The Balaban J connectivity index is 2.52. The second-order valence-electron chi connectivity index (χ2n) is 7.04. The van der Waals surface area contributed by atoms with E-state index in [0.717, 1.165) is 5.56 Å². The molecule has 0 saturated heterocycles. The molecule has 1 aromatic carbocycles. The molecule has 2 amide bonds. The van der Waals surface area contributed by atoms with E-state index < -0.39 is 5.41 Å². The molecule has 4 nitrogen and oxygen atoms in total. The van der Waals surface area contributed by atoms with Gasteiger partial charge in [-0.05, 0) is 24.0 Å². The molecule has 22 heavy (non-hydrogen) atoms. The van der Waals surface area contributed by atoms with Crippen molar-refractivity contribution in [2.75, 3.05) is 6.54 Å². The van der Waals surface area contributed by atoms with Crippen LogP contribution in [0, 0.1) is 5.41 Å². The summed E-state index contributed by atoms with van der Waals surface area (Å²) in [6, 6.07) is 8.16. The molecule has 0 aliphatic carbocycles. The van der Waals surface area contributed by atoms with Crippen molar-refractivity contribution in [2.24, 2.45) is 5.41 Å². The Morgan fingerprint density at radius 2 is 1.50 bits per heavy atom. The van der Waals surface area contributed by atoms with Gasteiger partial charge in [-0.3, -0.25) is 9.59 Å². The highest BCUT2D eigenvalue weighted by atomic mass is 16.2. The maximum Gasteiger partial charge on any atom is 0.239 e. The van der Waals surface area contributed by atoms with Gasteiger partial charge in [0.25, 0.3) is 0 Å². The van der Waals surface area contributed by atoms with Gasteiger partial charge >= 0.3 is 0 Å². The predicted octanol–water partition coefficient (Wildman–Crippen LogP) is 3.15. The van der Waals surface area contributed by atoms with Gasteiger partial charge < -0.3 is 10.6 Å². The first-order chi connectivity index (χ1) is 10.1. The monoisotopic (exact) mass is 304 g/mol.